The molecule has 4 heteroatoms. The normalized spacial score (nSPS) is 18.2. The van der Waals surface area contributed by atoms with Crippen LogP contribution in [0.25, 0.3) is 11.0 Å². The summed E-state index contributed by atoms with van der Waals surface area (Å²) in [4.78, 5) is 12.0. The second kappa shape index (κ2) is 5.68. The first-order valence-corrected chi connectivity index (χ1v) is 7.99. The van der Waals surface area contributed by atoms with E-state index in [0.29, 0.717) is 0 Å². The molecule has 1 unspecified atom stereocenters. The lowest BCUT2D eigenvalue weighted by atomic mass is 9.83. The van der Waals surface area contributed by atoms with Crippen LogP contribution in [0.2, 0.25) is 0 Å². The summed E-state index contributed by atoms with van der Waals surface area (Å²) in [6.45, 7) is 0. The number of nitrogens with two attached hydrogens (primary N) is 1. The number of benzene rings is 1. The smallest absolute Gasteiger partial charge is 0.324 e. The highest BCUT2D eigenvalue weighted by atomic mass is 16.1. The fourth-order valence-electron chi connectivity index (χ4n) is 3.67. The number of fused-ring (bicyclic) bond motifs is 1. The first-order valence-electron chi connectivity index (χ1n) is 7.99. The van der Waals surface area contributed by atoms with E-state index >= 15 is 0 Å². The fraction of sp³-hybridized carbons (Fsp3) is 0.588. The van der Waals surface area contributed by atoms with E-state index in [4.69, 9.17) is 5.73 Å². The van der Waals surface area contributed by atoms with Crippen LogP contribution in [0.4, 0.5) is 0 Å². The molecule has 21 heavy (non-hydrogen) atoms. The molecule has 0 spiro atoms. The quantitative estimate of drug-likeness (QED) is 0.943. The summed E-state index contributed by atoms with van der Waals surface area (Å²) in [6, 6.07) is 6.26. The molecule has 0 saturated heterocycles. The van der Waals surface area contributed by atoms with Crippen molar-refractivity contribution in [1.29, 1.82) is 0 Å². The predicted octanol–water partition coefficient (Wildman–Crippen LogP) is 2.85. The van der Waals surface area contributed by atoms with Gasteiger partial charge in [-0.1, -0.05) is 38.2 Å². The molecule has 4 nitrogen and oxygen atoms in total. The molecule has 2 N–H and O–H groups in total. The Hall–Kier alpha value is -1.55. The maximum absolute atomic E-state index is 12.0. The lowest BCUT2D eigenvalue weighted by molar-refractivity contribution is 0.319. The number of hydrogen-bond acceptors (Lipinski definition) is 2. The summed E-state index contributed by atoms with van der Waals surface area (Å²) in [5, 5.41) is 0. The molecule has 1 heterocycles. The lowest BCUT2D eigenvalue weighted by Crippen LogP contribution is -2.19. The number of aromatic nitrogens is 2. The van der Waals surface area contributed by atoms with E-state index < -0.39 is 0 Å². The third kappa shape index (κ3) is 2.64. The highest BCUT2D eigenvalue weighted by Gasteiger charge is 2.18. The number of nitrogens with zero attached hydrogens (tertiary/aromatic N) is 2. The van der Waals surface area contributed by atoms with Gasteiger partial charge in [0.05, 0.1) is 11.0 Å². The number of rotatable bonds is 3. The van der Waals surface area contributed by atoms with Gasteiger partial charge in [-0.15, -0.1) is 0 Å². The predicted molar refractivity (Wildman–Crippen MR) is 86.3 cm³/mol. The molecule has 0 radical (unpaired) electrons. The average Bonchev–Trinajstić information content (AvgIpc) is 2.73. The van der Waals surface area contributed by atoms with Gasteiger partial charge in [0.2, 0.25) is 0 Å². The molecule has 3 rings (SSSR count). The van der Waals surface area contributed by atoms with Crippen LogP contribution in [0.15, 0.2) is 23.0 Å². The monoisotopic (exact) mass is 287 g/mol. The first kappa shape index (κ1) is 14.4. The molecular weight excluding hydrogens is 262 g/mol. The van der Waals surface area contributed by atoms with Gasteiger partial charge in [-0.05, 0) is 30.0 Å². The van der Waals surface area contributed by atoms with Gasteiger partial charge in [-0.3, -0.25) is 9.13 Å². The zero-order valence-corrected chi connectivity index (χ0v) is 13.0. The van der Waals surface area contributed by atoms with Crippen molar-refractivity contribution in [2.45, 2.75) is 44.6 Å². The standard InChI is InChI=1S/C17H25N3O/c1-19-15-9-8-13(11-16(15)20(2)17(19)21)14(18)10-12-6-4-3-5-7-12/h8-9,11-12,14H,3-7,10,18H2,1-2H3. The molecule has 1 aromatic heterocycles. The molecule has 1 saturated carbocycles. The highest BCUT2D eigenvalue weighted by Crippen LogP contribution is 2.31. The van der Waals surface area contributed by atoms with Gasteiger partial charge in [-0.25, -0.2) is 4.79 Å². The van der Waals surface area contributed by atoms with Gasteiger partial charge in [0.1, 0.15) is 0 Å². The topological polar surface area (TPSA) is 53.0 Å². The average molecular weight is 287 g/mol. The van der Waals surface area contributed by atoms with Crippen molar-refractivity contribution in [1.82, 2.24) is 9.13 Å². The Labute approximate surface area is 125 Å². The SMILES string of the molecule is Cn1c(=O)n(C)c2cc(C(N)CC3CCCCC3)ccc21. The van der Waals surface area contributed by atoms with E-state index in [0.717, 1.165) is 28.9 Å². The second-order valence-electron chi connectivity index (χ2n) is 6.49. The van der Waals surface area contributed by atoms with E-state index in [1.165, 1.54) is 32.1 Å². The van der Waals surface area contributed by atoms with Gasteiger partial charge in [-0.2, -0.15) is 0 Å². The highest BCUT2D eigenvalue weighted by molar-refractivity contribution is 5.77. The van der Waals surface area contributed by atoms with Crippen molar-refractivity contribution < 1.29 is 0 Å². The molecule has 1 fully saturated rings. The molecule has 0 amide bonds. The molecule has 114 valence electrons. The van der Waals surface area contributed by atoms with Crippen LogP contribution in [0, 0.1) is 5.92 Å². The van der Waals surface area contributed by atoms with E-state index in [1.807, 2.05) is 20.2 Å². The number of hydrogen-bond donors (Lipinski definition) is 1. The Morgan fingerprint density at radius 1 is 1.14 bits per heavy atom. The van der Waals surface area contributed by atoms with Crippen LogP contribution in [0.1, 0.15) is 50.1 Å². The van der Waals surface area contributed by atoms with Crippen LogP contribution in [0.5, 0.6) is 0 Å². The summed E-state index contributed by atoms with van der Waals surface area (Å²) in [6.07, 6.45) is 7.78. The van der Waals surface area contributed by atoms with Gasteiger partial charge in [0, 0.05) is 20.1 Å². The zero-order chi connectivity index (χ0) is 15.0. The van der Waals surface area contributed by atoms with Crippen molar-refractivity contribution >= 4 is 11.0 Å². The molecule has 2 aromatic rings. The number of imidazole rings is 1. The lowest BCUT2D eigenvalue weighted by Gasteiger charge is -2.24. The van der Waals surface area contributed by atoms with Crippen molar-refractivity contribution in [3.05, 3.63) is 34.2 Å². The molecule has 1 aliphatic rings. The van der Waals surface area contributed by atoms with Crippen LogP contribution >= 0.6 is 0 Å². The fourth-order valence-corrected chi connectivity index (χ4v) is 3.67. The van der Waals surface area contributed by atoms with Crippen LogP contribution in [0.3, 0.4) is 0 Å². The Morgan fingerprint density at radius 2 is 1.81 bits per heavy atom. The van der Waals surface area contributed by atoms with Gasteiger partial charge in [0.25, 0.3) is 0 Å². The third-order valence-electron chi connectivity index (χ3n) is 5.04. The molecule has 0 aliphatic heterocycles. The van der Waals surface area contributed by atoms with Crippen molar-refractivity contribution in [2.24, 2.45) is 25.7 Å². The van der Waals surface area contributed by atoms with Crippen LogP contribution < -0.4 is 11.4 Å². The van der Waals surface area contributed by atoms with Crippen LogP contribution in [-0.2, 0) is 14.1 Å². The minimum atomic E-state index is 0.0167. The summed E-state index contributed by atoms with van der Waals surface area (Å²) in [5.41, 5.74) is 9.52. The second-order valence-corrected chi connectivity index (χ2v) is 6.49. The first-order chi connectivity index (χ1) is 10.1. The molecular formula is C17H25N3O. The Balaban J connectivity index is 1.86. The number of aryl methyl sites for hydroxylation is 2. The van der Waals surface area contributed by atoms with Gasteiger partial charge >= 0.3 is 5.69 Å². The van der Waals surface area contributed by atoms with Gasteiger partial charge < -0.3 is 5.73 Å². The summed E-state index contributed by atoms with van der Waals surface area (Å²) < 4.78 is 3.39. The maximum Gasteiger partial charge on any atom is 0.328 e. The zero-order valence-electron chi connectivity index (χ0n) is 13.0. The Bertz CT molecular complexity index is 692. The molecule has 0 bridgehead atoms. The summed E-state index contributed by atoms with van der Waals surface area (Å²) in [7, 11) is 3.63. The van der Waals surface area contributed by atoms with E-state index in [1.54, 1.807) is 9.13 Å². The molecule has 1 atom stereocenters. The van der Waals surface area contributed by atoms with E-state index in [9.17, 15) is 4.79 Å². The van der Waals surface area contributed by atoms with Crippen molar-refractivity contribution in [3.8, 4) is 0 Å². The van der Waals surface area contributed by atoms with E-state index in [2.05, 4.69) is 12.1 Å². The minimum absolute atomic E-state index is 0.0167. The van der Waals surface area contributed by atoms with Crippen LogP contribution in [-0.4, -0.2) is 9.13 Å². The molecule has 1 aliphatic carbocycles. The summed E-state index contributed by atoms with van der Waals surface area (Å²) in [5.74, 6) is 0.768. The van der Waals surface area contributed by atoms with Crippen molar-refractivity contribution in [3.63, 3.8) is 0 Å². The third-order valence-corrected chi connectivity index (χ3v) is 5.04. The Kier molecular flexibility index (Phi) is 3.89. The molecule has 1 aromatic carbocycles. The van der Waals surface area contributed by atoms with Crippen molar-refractivity contribution in [2.75, 3.05) is 0 Å². The largest absolute Gasteiger partial charge is 0.328 e. The van der Waals surface area contributed by atoms with E-state index in [-0.39, 0.29) is 11.7 Å². The van der Waals surface area contributed by atoms with Gasteiger partial charge in [0.15, 0.2) is 0 Å². The minimum Gasteiger partial charge on any atom is -0.324 e. The maximum atomic E-state index is 12.0. The summed E-state index contributed by atoms with van der Waals surface area (Å²) >= 11 is 0. The Morgan fingerprint density at radius 3 is 2.52 bits per heavy atom.